The zero-order valence-corrected chi connectivity index (χ0v) is 20.5. The average Bonchev–Trinajstić information content (AvgIpc) is 3.62. The highest BCUT2D eigenvalue weighted by Gasteiger charge is 2.66. The lowest BCUT2D eigenvalue weighted by Crippen LogP contribution is -2.33. The molecule has 9 nitrogen and oxygen atoms in total. The molecule has 0 spiro atoms. The Kier molecular flexibility index (Phi) is 4.48. The zero-order valence-electron chi connectivity index (χ0n) is 18.9. The van der Waals surface area contributed by atoms with Crippen LogP contribution in [0.5, 0.6) is 17.6 Å². The van der Waals surface area contributed by atoms with Crippen LogP contribution < -0.4 is 4.74 Å². The van der Waals surface area contributed by atoms with E-state index in [-0.39, 0.29) is 24.8 Å². The third-order valence-electron chi connectivity index (χ3n) is 7.36. The van der Waals surface area contributed by atoms with Crippen LogP contribution in [0.3, 0.4) is 0 Å². The van der Waals surface area contributed by atoms with Crippen LogP contribution in [-0.2, 0) is 15.9 Å². The molecule has 2 aromatic carbocycles. The summed E-state index contributed by atoms with van der Waals surface area (Å²) in [6.45, 7) is 1.89. The van der Waals surface area contributed by atoms with Crippen molar-refractivity contribution < 1.29 is 29.3 Å². The van der Waals surface area contributed by atoms with Crippen molar-refractivity contribution in [2.45, 2.75) is 37.1 Å². The summed E-state index contributed by atoms with van der Waals surface area (Å²) in [5.74, 6) is 0.0131. The predicted octanol–water partition coefficient (Wildman–Crippen LogP) is 4.97. The van der Waals surface area contributed by atoms with Crippen LogP contribution in [0.4, 0.5) is 0 Å². The van der Waals surface area contributed by atoms with Crippen molar-refractivity contribution in [3.8, 4) is 23.3 Å². The number of nitrogens with zero attached hydrogens (tertiary/aromatic N) is 3. The quantitative estimate of drug-likeness (QED) is 0.294. The lowest BCUT2D eigenvalue weighted by molar-refractivity contribution is -0.107. The number of benzene rings is 2. The van der Waals surface area contributed by atoms with Gasteiger partial charge in [-0.25, -0.2) is 4.98 Å². The number of aromatic nitrogens is 3. The summed E-state index contributed by atoms with van der Waals surface area (Å²) < 4.78 is 19.9. The van der Waals surface area contributed by atoms with Gasteiger partial charge in [0.1, 0.15) is 11.2 Å². The Morgan fingerprint density at radius 3 is 2.89 bits per heavy atom. The van der Waals surface area contributed by atoms with E-state index in [2.05, 4.69) is 10.1 Å². The molecule has 11 heteroatoms. The first-order valence-corrected chi connectivity index (χ1v) is 12.6. The second-order valence-electron chi connectivity index (χ2n) is 9.39. The smallest absolute Gasteiger partial charge is 0.262 e. The molecule has 3 N–H and O–H groups in total. The van der Waals surface area contributed by atoms with Gasteiger partial charge in [-0.05, 0) is 48.5 Å². The van der Waals surface area contributed by atoms with E-state index >= 15 is 0 Å². The Morgan fingerprint density at radius 1 is 1.19 bits per heavy atom. The van der Waals surface area contributed by atoms with E-state index in [1.54, 1.807) is 36.7 Å². The van der Waals surface area contributed by atoms with E-state index in [4.69, 9.17) is 25.6 Å². The maximum atomic E-state index is 11.4. The molecule has 0 saturated carbocycles. The summed E-state index contributed by atoms with van der Waals surface area (Å²) in [5, 5.41) is 38.8. The van der Waals surface area contributed by atoms with Crippen molar-refractivity contribution in [2.24, 2.45) is 0 Å². The lowest BCUT2D eigenvalue weighted by Gasteiger charge is -2.26. The van der Waals surface area contributed by atoms with Gasteiger partial charge in [0.05, 0.1) is 50.6 Å². The van der Waals surface area contributed by atoms with Crippen molar-refractivity contribution in [1.29, 1.82) is 0 Å². The molecule has 5 heterocycles. The van der Waals surface area contributed by atoms with Gasteiger partial charge in [0.2, 0.25) is 11.8 Å². The molecular formula is C25H20ClN3O6S. The Balaban J connectivity index is 1.26. The molecular weight excluding hydrogens is 506 g/mol. The Morgan fingerprint density at radius 2 is 2.03 bits per heavy atom. The second kappa shape index (κ2) is 7.36. The fraction of sp³-hybridized carbons (Fsp3) is 0.280. The second-order valence-corrected chi connectivity index (χ2v) is 10.7. The van der Waals surface area contributed by atoms with Crippen molar-refractivity contribution in [1.82, 2.24) is 14.7 Å². The van der Waals surface area contributed by atoms with Crippen LogP contribution in [-0.4, -0.2) is 42.7 Å². The Hall–Kier alpha value is -3.31. The molecule has 1 saturated heterocycles. The maximum Gasteiger partial charge on any atom is 0.262 e. The van der Waals surface area contributed by atoms with E-state index in [1.165, 1.54) is 15.9 Å². The number of hydrogen-bond acceptors (Lipinski definition) is 9. The molecule has 184 valence electrons. The Bertz CT molecular complexity index is 1680. The number of aliphatic hydroxyl groups is 1. The summed E-state index contributed by atoms with van der Waals surface area (Å²) in [4.78, 5) is 4.29. The number of ether oxygens (including phenoxy) is 2. The van der Waals surface area contributed by atoms with E-state index < -0.39 is 17.3 Å². The van der Waals surface area contributed by atoms with Crippen LogP contribution in [0.25, 0.3) is 26.9 Å². The number of thiazole rings is 1. The van der Waals surface area contributed by atoms with Gasteiger partial charge in [-0.1, -0.05) is 11.6 Å². The fourth-order valence-electron chi connectivity index (χ4n) is 5.65. The molecule has 1 fully saturated rings. The van der Waals surface area contributed by atoms with Gasteiger partial charge in [-0.15, -0.1) is 11.3 Å². The van der Waals surface area contributed by atoms with Gasteiger partial charge in [0.25, 0.3) is 5.88 Å². The molecule has 3 aromatic heterocycles. The van der Waals surface area contributed by atoms with Crippen molar-refractivity contribution in [3.63, 3.8) is 0 Å². The molecule has 3 atom stereocenters. The van der Waals surface area contributed by atoms with Gasteiger partial charge < -0.3 is 29.3 Å². The minimum atomic E-state index is -1.18. The van der Waals surface area contributed by atoms with E-state index in [0.29, 0.717) is 45.1 Å². The summed E-state index contributed by atoms with van der Waals surface area (Å²) in [6, 6.07) is 10.6. The summed E-state index contributed by atoms with van der Waals surface area (Å²) in [5.41, 5.74) is 2.35. The number of aliphatic hydroxyl groups excluding tert-OH is 1. The van der Waals surface area contributed by atoms with E-state index in [0.717, 1.165) is 10.2 Å². The first kappa shape index (κ1) is 21.9. The third-order valence-corrected chi connectivity index (χ3v) is 8.38. The van der Waals surface area contributed by atoms with Crippen LogP contribution >= 0.6 is 22.9 Å². The first-order valence-electron chi connectivity index (χ1n) is 11.4. The molecule has 5 aromatic rings. The molecule has 2 bridgehead atoms. The highest BCUT2D eigenvalue weighted by atomic mass is 35.5. The number of rotatable bonds is 5. The molecule has 36 heavy (non-hydrogen) atoms. The van der Waals surface area contributed by atoms with Gasteiger partial charge >= 0.3 is 0 Å². The minimum Gasteiger partial charge on any atom is -0.494 e. The summed E-state index contributed by atoms with van der Waals surface area (Å²) in [7, 11) is 0. The average molecular weight is 526 g/mol. The minimum absolute atomic E-state index is 0.124. The van der Waals surface area contributed by atoms with Gasteiger partial charge in [-0.3, -0.25) is 4.57 Å². The van der Waals surface area contributed by atoms with Crippen molar-refractivity contribution in [3.05, 3.63) is 58.1 Å². The van der Waals surface area contributed by atoms with Crippen LogP contribution in [0, 0.1) is 0 Å². The van der Waals surface area contributed by atoms with E-state index in [1.807, 2.05) is 12.1 Å². The SMILES string of the molecule is C[C@]12O[C@](CCOc3noc4ccc(Cl)cc34)(C[C@@H]1O)c1c2c(O)n(-c2ccc3ncsc3c2)c1O. The van der Waals surface area contributed by atoms with Gasteiger partial charge in [-0.2, -0.15) is 0 Å². The van der Waals surface area contributed by atoms with Crippen molar-refractivity contribution >= 4 is 44.1 Å². The number of aromatic hydroxyl groups is 2. The highest BCUT2D eigenvalue weighted by molar-refractivity contribution is 7.16. The van der Waals surface area contributed by atoms with Gasteiger partial charge in [0.15, 0.2) is 5.58 Å². The topological polar surface area (TPSA) is 123 Å². The van der Waals surface area contributed by atoms with Crippen LogP contribution in [0.2, 0.25) is 5.02 Å². The normalized spacial score (nSPS) is 24.7. The number of fused-ring (bicyclic) bond motifs is 7. The van der Waals surface area contributed by atoms with Crippen LogP contribution in [0.15, 0.2) is 46.4 Å². The highest BCUT2D eigenvalue weighted by Crippen LogP contribution is 2.65. The molecule has 2 aliphatic heterocycles. The van der Waals surface area contributed by atoms with E-state index in [9.17, 15) is 15.3 Å². The molecule has 0 unspecified atom stereocenters. The van der Waals surface area contributed by atoms with Gasteiger partial charge in [0, 0.05) is 17.9 Å². The largest absolute Gasteiger partial charge is 0.494 e. The molecule has 0 amide bonds. The zero-order chi connectivity index (χ0) is 24.8. The maximum absolute atomic E-state index is 11.4. The first-order chi connectivity index (χ1) is 17.3. The van der Waals surface area contributed by atoms with Crippen LogP contribution in [0.1, 0.15) is 30.9 Å². The predicted molar refractivity (Wildman–Crippen MR) is 132 cm³/mol. The third kappa shape index (κ3) is 2.83. The number of halogens is 1. The molecule has 0 radical (unpaired) electrons. The summed E-state index contributed by atoms with van der Waals surface area (Å²) in [6.07, 6.45) is -0.329. The molecule has 0 aliphatic carbocycles. The number of hydrogen-bond donors (Lipinski definition) is 3. The van der Waals surface area contributed by atoms with Crippen molar-refractivity contribution in [2.75, 3.05) is 6.61 Å². The summed E-state index contributed by atoms with van der Waals surface area (Å²) >= 11 is 7.58. The molecule has 7 rings (SSSR count). The lowest BCUT2D eigenvalue weighted by atomic mass is 9.76. The Labute approximate surface area is 213 Å². The molecule has 2 aliphatic rings. The standard InChI is InChI=1S/C25H20ClN3O6S/c1-24-18(30)10-25(35-24,6-7-33-21-14-8-12(26)2-5-16(14)34-28-21)20-19(24)22(31)29(23(20)32)13-3-4-15-17(9-13)36-11-27-15/h2-5,8-9,11,18,30-32H,6-7,10H2,1H3/t18-,24-,25+/m0/s1. The fourth-order valence-corrected chi connectivity index (χ4v) is 6.54. The monoisotopic (exact) mass is 525 g/mol.